The standard InChI is InChI=1S/C14H7ClF4O/c15-12-2-8(7-20)1-9(4-12)10-3-11(14(17,18)19)6-13(16)5-10/h1-7H. The van der Waals surface area contributed by atoms with E-state index in [2.05, 4.69) is 0 Å². The third-order valence-corrected chi connectivity index (χ3v) is 2.83. The van der Waals surface area contributed by atoms with Crippen molar-refractivity contribution in [3.05, 3.63) is 58.4 Å². The molecule has 2 rings (SSSR count). The molecule has 6 heteroatoms. The molecule has 0 aromatic heterocycles. The molecule has 0 saturated heterocycles. The highest BCUT2D eigenvalue weighted by Crippen LogP contribution is 2.34. The normalized spacial score (nSPS) is 11.4. The zero-order valence-electron chi connectivity index (χ0n) is 9.84. The summed E-state index contributed by atoms with van der Waals surface area (Å²) in [5.41, 5.74) is -0.655. The van der Waals surface area contributed by atoms with Crippen LogP contribution in [0.3, 0.4) is 0 Å². The zero-order valence-corrected chi connectivity index (χ0v) is 10.6. The lowest BCUT2D eigenvalue weighted by Gasteiger charge is -2.10. The molecule has 0 saturated carbocycles. The summed E-state index contributed by atoms with van der Waals surface area (Å²) in [5.74, 6) is -1.01. The second-order valence-electron chi connectivity index (χ2n) is 4.12. The van der Waals surface area contributed by atoms with Crippen LogP contribution in [0, 0.1) is 5.82 Å². The molecule has 0 aliphatic carbocycles. The van der Waals surface area contributed by atoms with E-state index in [-0.39, 0.29) is 21.7 Å². The Morgan fingerprint density at radius 2 is 1.60 bits per heavy atom. The van der Waals surface area contributed by atoms with Crippen molar-refractivity contribution >= 4 is 17.9 Å². The molecule has 0 bridgehead atoms. The quantitative estimate of drug-likeness (QED) is 0.565. The van der Waals surface area contributed by atoms with Gasteiger partial charge in [0.05, 0.1) is 5.56 Å². The second kappa shape index (κ2) is 5.25. The first-order valence-electron chi connectivity index (χ1n) is 5.43. The molecule has 0 amide bonds. The maximum absolute atomic E-state index is 13.3. The number of rotatable bonds is 2. The van der Waals surface area contributed by atoms with Crippen molar-refractivity contribution in [1.82, 2.24) is 0 Å². The summed E-state index contributed by atoms with van der Waals surface area (Å²) in [4.78, 5) is 10.7. The highest BCUT2D eigenvalue weighted by molar-refractivity contribution is 6.31. The summed E-state index contributed by atoms with van der Waals surface area (Å²) in [6.45, 7) is 0. The lowest BCUT2D eigenvalue weighted by atomic mass is 10.0. The van der Waals surface area contributed by atoms with Gasteiger partial charge in [0.25, 0.3) is 0 Å². The molecule has 0 fully saturated rings. The van der Waals surface area contributed by atoms with Crippen molar-refractivity contribution in [3.63, 3.8) is 0 Å². The van der Waals surface area contributed by atoms with Crippen LogP contribution in [0.25, 0.3) is 11.1 Å². The van der Waals surface area contributed by atoms with Gasteiger partial charge in [-0.15, -0.1) is 0 Å². The van der Waals surface area contributed by atoms with Crippen LogP contribution in [0.15, 0.2) is 36.4 Å². The fraction of sp³-hybridized carbons (Fsp3) is 0.0714. The van der Waals surface area contributed by atoms with Gasteiger partial charge in [0, 0.05) is 10.6 Å². The molecular formula is C14H7ClF4O. The summed E-state index contributed by atoms with van der Waals surface area (Å²) in [6.07, 6.45) is -4.14. The molecule has 0 heterocycles. The Morgan fingerprint density at radius 1 is 0.950 bits per heavy atom. The first kappa shape index (κ1) is 14.5. The van der Waals surface area contributed by atoms with Crippen LogP contribution < -0.4 is 0 Å². The van der Waals surface area contributed by atoms with E-state index in [4.69, 9.17) is 11.6 Å². The van der Waals surface area contributed by atoms with Gasteiger partial charge in [0.1, 0.15) is 12.1 Å². The molecule has 2 aromatic rings. The number of carbonyl (C=O) groups is 1. The van der Waals surface area contributed by atoms with Crippen LogP contribution in [0.5, 0.6) is 0 Å². The largest absolute Gasteiger partial charge is 0.416 e. The Bertz CT molecular complexity index is 665. The van der Waals surface area contributed by atoms with Crippen LogP contribution in [0.4, 0.5) is 17.6 Å². The zero-order chi connectivity index (χ0) is 14.9. The molecule has 20 heavy (non-hydrogen) atoms. The maximum Gasteiger partial charge on any atom is 0.416 e. The summed E-state index contributed by atoms with van der Waals surface area (Å²) in [7, 11) is 0. The summed E-state index contributed by atoms with van der Waals surface area (Å²) in [5, 5.41) is 0.183. The highest BCUT2D eigenvalue weighted by Gasteiger charge is 2.31. The van der Waals surface area contributed by atoms with Crippen molar-refractivity contribution in [2.45, 2.75) is 6.18 Å². The number of halogens is 5. The van der Waals surface area contributed by atoms with Gasteiger partial charge < -0.3 is 0 Å². The van der Waals surface area contributed by atoms with Gasteiger partial charge in [-0.05, 0) is 47.5 Å². The first-order valence-corrected chi connectivity index (χ1v) is 5.81. The number of alkyl halides is 3. The highest BCUT2D eigenvalue weighted by atomic mass is 35.5. The number of hydrogen-bond donors (Lipinski definition) is 0. The monoisotopic (exact) mass is 302 g/mol. The van der Waals surface area contributed by atoms with Crippen LogP contribution >= 0.6 is 11.6 Å². The van der Waals surface area contributed by atoms with E-state index in [1.807, 2.05) is 0 Å². The Morgan fingerprint density at radius 3 is 2.20 bits per heavy atom. The third-order valence-electron chi connectivity index (χ3n) is 2.61. The molecule has 104 valence electrons. The van der Waals surface area contributed by atoms with Crippen LogP contribution in [0.2, 0.25) is 5.02 Å². The van der Waals surface area contributed by atoms with Crippen molar-refractivity contribution in [1.29, 1.82) is 0 Å². The minimum atomic E-state index is -4.65. The van der Waals surface area contributed by atoms with E-state index >= 15 is 0 Å². The van der Waals surface area contributed by atoms with Gasteiger partial charge in [-0.2, -0.15) is 13.2 Å². The van der Waals surface area contributed by atoms with Crippen molar-refractivity contribution in [3.8, 4) is 11.1 Å². The Kier molecular flexibility index (Phi) is 3.81. The van der Waals surface area contributed by atoms with E-state index < -0.39 is 17.6 Å². The van der Waals surface area contributed by atoms with E-state index in [1.165, 1.54) is 18.2 Å². The molecule has 0 N–H and O–H groups in total. The van der Waals surface area contributed by atoms with E-state index in [1.54, 1.807) is 0 Å². The number of hydrogen-bond acceptors (Lipinski definition) is 1. The average molecular weight is 303 g/mol. The lowest BCUT2D eigenvalue weighted by Crippen LogP contribution is -2.05. The number of benzene rings is 2. The summed E-state index contributed by atoms with van der Waals surface area (Å²) < 4.78 is 51.2. The average Bonchev–Trinajstić information content (AvgIpc) is 2.36. The lowest BCUT2D eigenvalue weighted by molar-refractivity contribution is -0.137. The van der Waals surface area contributed by atoms with Gasteiger partial charge >= 0.3 is 6.18 Å². The van der Waals surface area contributed by atoms with Gasteiger partial charge in [0.2, 0.25) is 0 Å². The summed E-state index contributed by atoms with van der Waals surface area (Å²) >= 11 is 5.77. The van der Waals surface area contributed by atoms with Gasteiger partial charge in [0.15, 0.2) is 0 Å². The minimum absolute atomic E-state index is 0.00271. The third kappa shape index (κ3) is 3.17. The van der Waals surface area contributed by atoms with Gasteiger partial charge in [-0.1, -0.05) is 11.6 Å². The van der Waals surface area contributed by atoms with Crippen LogP contribution in [0.1, 0.15) is 15.9 Å². The predicted octanol–water partition coefficient (Wildman–Crippen LogP) is 4.98. The molecule has 1 nitrogen and oxygen atoms in total. The Balaban J connectivity index is 2.61. The fourth-order valence-corrected chi connectivity index (χ4v) is 2.01. The van der Waals surface area contributed by atoms with E-state index in [0.29, 0.717) is 12.4 Å². The van der Waals surface area contributed by atoms with E-state index in [0.717, 1.165) is 12.1 Å². The smallest absolute Gasteiger partial charge is 0.298 e. The van der Waals surface area contributed by atoms with Crippen molar-refractivity contribution < 1.29 is 22.4 Å². The minimum Gasteiger partial charge on any atom is -0.298 e. The maximum atomic E-state index is 13.3. The molecule has 0 spiro atoms. The second-order valence-corrected chi connectivity index (χ2v) is 4.55. The first-order chi connectivity index (χ1) is 9.29. The molecule has 0 unspecified atom stereocenters. The molecular weight excluding hydrogens is 296 g/mol. The van der Waals surface area contributed by atoms with Crippen LogP contribution in [-0.4, -0.2) is 6.29 Å². The molecule has 0 atom stereocenters. The molecule has 0 radical (unpaired) electrons. The van der Waals surface area contributed by atoms with Crippen molar-refractivity contribution in [2.24, 2.45) is 0 Å². The van der Waals surface area contributed by atoms with E-state index in [9.17, 15) is 22.4 Å². The molecule has 0 aliphatic heterocycles. The number of aldehydes is 1. The summed E-state index contributed by atoms with van der Waals surface area (Å²) in [6, 6.07) is 6.24. The Hall–Kier alpha value is -1.88. The molecule has 2 aromatic carbocycles. The van der Waals surface area contributed by atoms with Crippen LogP contribution in [-0.2, 0) is 6.18 Å². The van der Waals surface area contributed by atoms with Crippen molar-refractivity contribution in [2.75, 3.05) is 0 Å². The SMILES string of the molecule is O=Cc1cc(Cl)cc(-c2cc(F)cc(C(F)(F)F)c2)c1. The fourth-order valence-electron chi connectivity index (χ4n) is 1.77. The molecule has 0 aliphatic rings. The predicted molar refractivity (Wildman–Crippen MR) is 67.2 cm³/mol. The Labute approximate surface area is 116 Å². The number of carbonyl (C=O) groups excluding carboxylic acids is 1. The van der Waals surface area contributed by atoms with Gasteiger partial charge in [-0.3, -0.25) is 4.79 Å². The van der Waals surface area contributed by atoms with Gasteiger partial charge in [-0.25, -0.2) is 4.39 Å². The topological polar surface area (TPSA) is 17.1 Å².